The Labute approximate surface area is 151 Å². The quantitative estimate of drug-likeness (QED) is 0.733. The number of hydrogen-bond donors (Lipinski definition) is 1. The van der Waals surface area contributed by atoms with Crippen molar-refractivity contribution in [1.29, 1.82) is 0 Å². The molecule has 2 aromatic carbocycles. The number of ether oxygens (including phenoxy) is 1. The molecule has 1 aromatic heterocycles. The summed E-state index contributed by atoms with van der Waals surface area (Å²) >= 11 is 0. The van der Waals surface area contributed by atoms with Crippen LogP contribution in [-0.2, 0) is 13.0 Å². The van der Waals surface area contributed by atoms with Crippen molar-refractivity contribution in [1.82, 2.24) is 9.55 Å². The van der Waals surface area contributed by atoms with Crippen LogP contribution in [0.1, 0.15) is 18.1 Å². The molecule has 26 heavy (non-hydrogen) atoms. The summed E-state index contributed by atoms with van der Waals surface area (Å²) < 4.78 is 20.4. The Bertz CT molecular complexity index is 955. The van der Waals surface area contributed by atoms with Crippen LogP contribution in [0.25, 0.3) is 0 Å². The van der Waals surface area contributed by atoms with Gasteiger partial charge in [-0.2, -0.15) is 4.98 Å². The van der Waals surface area contributed by atoms with Gasteiger partial charge < -0.3 is 14.6 Å². The molecule has 0 saturated heterocycles. The molecule has 0 aliphatic rings. The molecule has 0 unspecified atom stereocenters. The van der Waals surface area contributed by atoms with Crippen molar-refractivity contribution in [2.75, 3.05) is 12.4 Å². The molecule has 1 heterocycles. The fourth-order valence-electron chi connectivity index (χ4n) is 2.71. The average molecular weight is 353 g/mol. The van der Waals surface area contributed by atoms with Crippen molar-refractivity contribution in [3.63, 3.8) is 0 Å². The SMILES string of the molecule is CCc1cc(F)ccc1Nc1nc(=O)c(OC)cn1Cc1ccccc1. The second-order valence-electron chi connectivity index (χ2n) is 5.83. The lowest BCUT2D eigenvalue weighted by Crippen LogP contribution is -2.19. The van der Waals surface area contributed by atoms with Gasteiger partial charge in [-0.15, -0.1) is 0 Å². The lowest BCUT2D eigenvalue weighted by atomic mass is 10.1. The van der Waals surface area contributed by atoms with Crippen LogP contribution < -0.4 is 15.6 Å². The number of halogens is 1. The number of aromatic nitrogens is 2. The van der Waals surface area contributed by atoms with Crippen molar-refractivity contribution < 1.29 is 9.13 Å². The number of aryl methyl sites for hydroxylation is 1. The van der Waals surface area contributed by atoms with Gasteiger partial charge in [-0.25, -0.2) is 4.39 Å². The highest BCUT2D eigenvalue weighted by molar-refractivity contribution is 5.59. The van der Waals surface area contributed by atoms with Gasteiger partial charge in [-0.3, -0.25) is 4.79 Å². The van der Waals surface area contributed by atoms with Crippen molar-refractivity contribution in [2.45, 2.75) is 19.9 Å². The molecule has 5 nitrogen and oxygen atoms in total. The van der Waals surface area contributed by atoms with Crippen LogP contribution in [0.3, 0.4) is 0 Å². The third-order valence-corrected chi connectivity index (χ3v) is 4.07. The molecule has 0 aliphatic carbocycles. The van der Waals surface area contributed by atoms with E-state index in [4.69, 9.17) is 4.74 Å². The molecular formula is C20H20FN3O2. The van der Waals surface area contributed by atoms with Gasteiger partial charge in [0.2, 0.25) is 11.7 Å². The molecule has 0 saturated carbocycles. The van der Waals surface area contributed by atoms with E-state index in [1.54, 1.807) is 16.8 Å². The van der Waals surface area contributed by atoms with E-state index in [9.17, 15) is 9.18 Å². The van der Waals surface area contributed by atoms with Gasteiger partial charge in [-0.1, -0.05) is 37.3 Å². The predicted molar refractivity (Wildman–Crippen MR) is 99.7 cm³/mol. The first-order chi connectivity index (χ1) is 12.6. The Kier molecular flexibility index (Phi) is 5.31. The first-order valence-corrected chi connectivity index (χ1v) is 8.35. The zero-order valence-electron chi connectivity index (χ0n) is 14.7. The molecule has 1 N–H and O–H groups in total. The lowest BCUT2D eigenvalue weighted by Gasteiger charge is -2.17. The zero-order chi connectivity index (χ0) is 18.5. The summed E-state index contributed by atoms with van der Waals surface area (Å²) in [4.78, 5) is 16.2. The molecule has 0 aliphatic heterocycles. The van der Waals surface area contributed by atoms with Gasteiger partial charge in [0.15, 0.2) is 0 Å². The number of benzene rings is 2. The molecule has 0 radical (unpaired) electrons. The summed E-state index contributed by atoms with van der Waals surface area (Å²) in [5, 5.41) is 3.16. The maximum absolute atomic E-state index is 13.5. The molecule has 6 heteroatoms. The van der Waals surface area contributed by atoms with E-state index < -0.39 is 5.56 Å². The molecule has 0 fully saturated rings. The van der Waals surface area contributed by atoms with Crippen LogP contribution in [0.2, 0.25) is 0 Å². The fourth-order valence-corrected chi connectivity index (χ4v) is 2.71. The van der Waals surface area contributed by atoms with E-state index in [0.29, 0.717) is 24.6 Å². The second kappa shape index (κ2) is 7.82. The smallest absolute Gasteiger partial charge is 0.316 e. The van der Waals surface area contributed by atoms with Gasteiger partial charge in [0.05, 0.1) is 19.9 Å². The largest absolute Gasteiger partial charge is 0.490 e. The highest BCUT2D eigenvalue weighted by Gasteiger charge is 2.12. The Hall–Kier alpha value is -3.15. The van der Waals surface area contributed by atoms with E-state index in [1.165, 1.54) is 19.2 Å². The number of anilines is 2. The highest BCUT2D eigenvalue weighted by Crippen LogP contribution is 2.22. The summed E-state index contributed by atoms with van der Waals surface area (Å²) in [7, 11) is 1.44. The first kappa shape index (κ1) is 17.7. The number of methoxy groups -OCH3 is 1. The Balaban J connectivity index is 2.02. The summed E-state index contributed by atoms with van der Waals surface area (Å²) in [6.45, 7) is 2.45. The summed E-state index contributed by atoms with van der Waals surface area (Å²) in [6.07, 6.45) is 2.28. The van der Waals surface area contributed by atoms with Crippen LogP contribution in [0, 0.1) is 5.82 Å². The minimum Gasteiger partial charge on any atom is -0.490 e. The third kappa shape index (κ3) is 3.91. The minimum absolute atomic E-state index is 0.168. The maximum atomic E-state index is 13.5. The molecule has 134 valence electrons. The van der Waals surface area contributed by atoms with Crippen LogP contribution in [0.4, 0.5) is 16.0 Å². The number of nitrogens with zero attached hydrogens (tertiary/aromatic N) is 2. The Morgan fingerprint density at radius 3 is 2.65 bits per heavy atom. The van der Waals surface area contributed by atoms with Gasteiger partial charge >= 0.3 is 5.56 Å². The summed E-state index contributed by atoms with van der Waals surface area (Å²) in [5.74, 6) is 0.249. The Morgan fingerprint density at radius 1 is 1.19 bits per heavy atom. The molecule has 3 aromatic rings. The van der Waals surface area contributed by atoms with Gasteiger partial charge in [-0.05, 0) is 35.7 Å². The van der Waals surface area contributed by atoms with E-state index in [1.807, 2.05) is 37.3 Å². The second-order valence-corrected chi connectivity index (χ2v) is 5.83. The molecule has 3 rings (SSSR count). The zero-order valence-corrected chi connectivity index (χ0v) is 14.7. The first-order valence-electron chi connectivity index (χ1n) is 8.35. The van der Waals surface area contributed by atoms with Gasteiger partial charge in [0.1, 0.15) is 5.82 Å². The van der Waals surface area contributed by atoms with E-state index >= 15 is 0 Å². The molecule has 0 bridgehead atoms. The monoisotopic (exact) mass is 353 g/mol. The summed E-state index contributed by atoms with van der Waals surface area (Å²) in [5.41, 5.74) is 2.12. The average Bonchev–Trinajstić information content (AvgIpc) is 2.66. The highest BCUT2D eigenvalue weighted by atomic mass is 19.1. The van der Waals surface area contributed by atoms with Crippen LogP contribution >= 0.6 is 0 Å². The van der Waals surface area contributed by atoms with Crippen LogP contribution in [0.15, 0.2) is 59.5 Å². The molecular weight excluding hydrogens is 333 g/mol. The molecule has 0 amide bonds. The molecule has 0 spiro atoms. The van der Waals surface area contributed by atoms with Crippen LogP contribution in [-0.4, -0.2) is 16.7 Å². The lowest BCUT2D eigenvalue weighted by molar-refractivity contribution is 0.402. The Morgan fingerprint density at radius 2 is 1.96 bits per heavy atom. The van der Waals surface area contributed by atoms with Crippen molar-refractivity contribution in [2.24, 2.45) is 0 Å². The normalized spacial score (nSPS) is 10.6. The third-order valence-electron chi connectivity index (χ3n) is 4.07. The van der Waals surface area contributed by atoms with E-state index in [2.05, 4.69) is 10.3 Å². The van der Waals surface area contributed by atoms with Gasteiger partial charge in [0.25, 0.3) is 0 Å². The van der Waals surface area contributed by atoms with Crippen molar-refractivity contribution in [3.05, 3.63) is 82.0 Å². The maximum Gasteiger partial charge on any atom is 0.316 e. The van der Waals surface area contributed by atoms with Gasteiger partial charge in [0, 0.05) is 5.69 Å². The number of hydrogen-bond acceptors (Lipinski definition) is 4. The standard InChI is InChI=1S/C20H20FN3O2/c1-3-15-11-16(21)9-10-17(15)22-20-23-19(25)18(26-2)13-24(20)12-14-7-5-4-6-8-14/h4-11,13H,3,12H2,1-2H3,(H,22,23,25). The minimum atomic E-state index is -0.459. The topological polar surface area (TPSA) is 56.1 Å². The molecule has 0 atom stereocenters. The van der Waals surface area contributed by atoms with E-state index in [0.717, 1.165) is 11.1 Å². The fraction of sp³-hybridized carbons (Fsp3) is 0.200. The van der Waals surface area contributed by atoms with Crippen molar-refractivity contribution >= 4 is 11.6 Å². The number of nitrogens with one attached hydrogen (secondary N) is 1. The summed E-state index contributed by atoms with van der Waals surface area (Å²) in [6, 6.07) is 14.3. The van der Waals surface area contributed by atoms with Crippen LogP contribution in [0.5, 0.6) is 5.75 Å². The van der Waals surface area contributed by atoms with Crippen molar-refractivity contribution in [3.8, 4) is 5.75 Å². The number of rotatable bonds is 6. The van der Waals surface area contributed by atoms with E-state index in [-0.39, 0.29) is 11.6 Å². The predicted octanol–water partition coefficient (Wildman–Crippen LogP) is 3.75.